The fourth-order valence-corrected chi connectivity index (χ4v) is 2.66. The van der Waals surface area contributed by atoms with Gasteiger partial charge in [0.15, 0.2) is 0 Å². The molecule has 1 aromatic rings. The van der Waals surface area contributed by atoms with E-state index in [-0.39, 0.29) is 36.1 Å². The third-order valence-electron chi connectivity index (χ3n) is 3.72. The summed E-state index contributed by atoms with van der Waals surface area (Å²) in [6, 6.07) is 4.64. The number of carbonyl (C=O) groups excluding carboxylic acids is 3. The summed E-state index contributed by atoms with van der Waals surface area (Å²) in [5, 5.41) is 0.355. The molecule has 0 saturated heterocycles. The van der Waals surface area contributed by atoms with Gasteiger partial charge in [-0.25, -0.2) is 9.59 Å². The van der Waals surface area contributed by atoms with Crippen molar-refractivity contribution in [3.8, 4) is 0 Å². The van der Waals surface area contributed by atoms with E-state index < -0.39 is 11.9 Å². The van der Waals surface area contributed by atoms with E-state index in [4.69, 9.17) is 25.8 Å². The molecule has 0 aliphatic carbocycles. The summed E-state index contributed by atoms with van der Waals surface area (Å²) in [6.07, 6.45) is 0. The second-order valence-corrected chi connectivity index (χ2v) is 6.01. The number of carbonyl (C=O) groups is 3. The predicted molar refractivity (Wildman–Crippen MR) is 93.8 cm³/mol. The van der Waals surface area contributed by atoms with Crippen molar-refractivity contribution in [2.24, 2.45) is 0 Å². The van der Waals surface area contributed by atoms with Gasteiger partial charge in [-0.1, -0.05) is 11.6 Å². The Hall–Kier alpha value is -2.58. The highest BCUT2D eigenvalue weighted by atomic mass is 35.5. The Morgan fingerprint density at radius 1 is 1.15 bits per heavy atom. The molecule has 0 spiro atoms. The van der Waals surface area contributed by atoms with E-state index in [1.165, 1.54) is 30.1 Å². The lowest BCUT2D eigenvalue weighted by Gasteiger charge is -2.32. The summed E-state index contributed by atoms with van der Waals surface area (Å²) in [4.78, 5) is 39.8. The lowest BCUT2D eigenvalue weighted by atomic mass is 10.1. The second-order valence-electron chi connectivity index (χ2n) is 5.58. The maximum Gasteiger partial charge on any atom is 0.355 e. The summed E-state index contributed by atoms with van der Waals surface area (Å²) in [7, 11) is 5.59. The van der Waals surface area contributed by atoms with Crippen LogP contribution in [0.15, 0.2) is 29.5 Å². The van der Waals surface area contributed by atoms with Gasteiger partial charge in [-0.3, -0.25) is 4.79 Å². The molecule has 0 radical (unpaired) electrons. The number of rotatable bonds is 4. The molecule has 140 valence electrons. The maximum atomic E-state index is 12.6. The molecule has 0 saturated carbocycles. The van der Waals surface area contributed by atoms with Gasteiger partial charge in [0.1, 0.15) is 12.4 Å². The van der Waals surface area contributed by atoms with Crippen molar-refractivity contribution in [2.45, 2.75) is 0 Å². The first-order chi connectivity index (χ1) is 12.3. The summed E-state index contributed by atoms with van der Waals surface area (Å²) >= 11 is 6.03. The van der Waals surface area contributed by atoms with E-state index in [0.29, 0.717) is 10.7 Å². The monoisotopic (exact) mass is 382 g/mol. The number of methoxy groups -OCH3 is 2. The largest absolute Gasteiger partial charge is 0.466 e. The molecule has 0 N–H and O–H groups in total. The number of amides is 1. The quantitative estimate of drug-likeness (QED) is 0.728. The van der Waals surface area contributed by atoms with Crippen LogP contribution in [-0.2, 0) is 23.8 Å². The molecule has 1 heterocycles. The molecule has 0 fully saturated rings. The van der Waals surface area contributed by atoms with Gasteiger partial charge >= 0.3 is 11.9 Å². The zero-order valence-electron chi connectivity index (χ0n) is 14.9. The van der Waals surface area contributed by atoms with Gasteiger partial charge in [0.05, 0.1) is 37.7 Å². The fourth-order valence-electron chi connectivity index (χ4n) is 2.49. The first kappa shape index (κ1) is 19.7. The number of halogens is 1. The van der Waals surface area contributed by atoms with Gasteiger partial charge in [-0.15, -0.1) is 0 Å². The van der Waals surface area contributed by atoms with Gasteiger partial charge in [0.2, 0.25) is 0 Å². The van der Waals surface area contributed by atoms with Crippen LogP contribution in [0.1, 0.15) is 10.4 Å². The topological polar surface area (TPSA) is 85.4 Å². The summed E-state index contributed by atoms with van der Waals surface area (Å²) < 4.78 is 15.0. The first-order valence-corrected chi connectivity index (χ1v) is 7.95. The lowest BCUT2D eigenvalue weighted by molar-refractivity contribution is -0.140. The van der Waals surface area contributed by atoms with Gasteiger partial charge in [-0.2, -0.15) is 0 Å². The van der Waals surface area contributed by atoms with Crippen LogP contribution in [0.5, 0.6) is 0 Å². The van der Waals surface area contributed by atoms with Crippen molar-refractivity contribution in [3.05, 3.63) is 40.1 Å². The average molecular weight is 383 g/mol. The number of hydrogen-bond donors (Lipinski definition) is 0. The Bertz CT molecular complexity index is 775. The Morgan fingerprint density at radius 3 is 2.38 bits per heavy atom. The summed E-state index contributed by atoms with van der Waals surface area (Å²) in [6.45, 7) is -0.168. The normalized spacial score (nSPS) is 14.1. The van der Waals surface area contributed by atoms with Crippen LogP contribution in [-0.4, -0.2) is 64.4 Å². The lowest BCUT2D eigenvalue weighted by Crippen LogP contribution is -2.40. The van der Waals surface area contributed by atoms with E-state index >= 15 is 0 Å². The Morgan fingerprint density at radius 2 is 1.81 bits per heavy atom. The Labute approximate surface area is 155 Å². The zero-order valence-corrected chi connectivity index (χ0v) is 15.6. The van der Waals surface area contributed by atoms with Crippen molar-refractivity contribution in [2.75, 3.05) is 46.6 Å². The number of benzene rings is 1. The Kier molecular flexibility index (Phi) is 6.23. The molecule has 1 aromatic carbocycles. The van der Waals surface area contributed by atoms with Gasteiger partial charge < -0.3 is 24.0 Å². The highest BCUT2D eigenvalue weighted by molar-refractivity contribution is 6.31. The molecule has 0 atom stereocenters. The molecule has 1 amide bonds. The molecule has 26 heavy (non-hydrogen) atoms. The fraction of sp³-hybridized carbons (Fsp3) is 0.353. The van der Waals surface area contributed by atoms with E-state index in [0.717, 1.165) is 0 Å². The van der Waals surface area contributed by atoms with Crippen molar-refractivity contribution < 1.29 is 28.6 Å². The van der Waals surface area contributed by atoms with E-state index in [1.54, 1.807) is 26.2 Å². The maximum absolute atomic E-state index is 12.6. The minimum atomic E-state index is -0.744. The first-order valence-electron chi connectivity index (χ1n) is 7.58. The molecule has 9 heteroatoms. The minimum absolute atomic E-state index is 0.00352. The number of nitrogens with zero attached hydrogens (tertiary/aromatic N) is 2. The third-order valence-corrected chi connectivity index (χ3v) is 3.95. The van der Waals surface area contributed by atoms with E-state index in [1.807, 2.05) is 0 Å². The van der Waals surface area contributed by atoms with Crippen LogP contribution >= 0.6 is 11.6 Å². The minimum Gasteiger partial charge on any atom is -0.466 e. The van der Waals surface area contributed by atoms with Crippen molar-refractivity contribution in [3.63, 3.8) is 0 Å². The number of ether oxygens (including phenoxy) is 3. The molecule has 0 aromatic heterocycles. The molecule has 1 aliphatic rings. The Balaban J connectivity index is 2.67. The van der Waals surface area contributed by atoms with Crippen LogP contribution in [0.4, 0.5) is 5.69 Å². The van der Waals surface area contributed by atoms with Crippen molar-refractivity contribution >= 4 is 35.1 Å². The van der Waals surface area contributed by atoms with Crippen LogP contribution in [0.2, 0.25) is 5.02 Å². The number of esters is 2. The molecule has 8 nitrogen and oxygen atoms in total. The van der Waals surface area contributed by atoms with Gasteiger partial charge in [0, 0.05) is 19.1 Å². The number of hydrogen-bond acceptors (Lipinski definition) is 7. The third kappa shape index (κ3) is 3.81. The van der Waals surface area contributed by atoms with Crippen molar-refractivity contribution in [1.29, 1.82) is 0 Å². The zero-order chi connectivity index (χ0) is 19.4. The van der Waals surface area contributed by atoms with Gasteiger partial charge in [-0.05, 0) is 18.2 Å². The summed E-state index contributed by atoms with van der Waals surface area (Å²) in [5.41, 5.74) is 0.567. The SMILES string of the molecule is COC(=O)C1=C(C(=O)OC)N(c2ccc(Cl)cc2C(=O)N(C)C)COC1. The van der Waals surface area contributed by atoms with E-state index in [2.05, 4.69) is 0 Å². The molecule has 0 bridgehead atoms. The second kappa shape index (κ2) is 8.20. The van der Waals surface area contributed by atoms with E-state index in [9.17, 15) is 14.4 Å². The van der Waals surface area contributed by atoms with Crippen LogP contribution < -0.4 is 4.90 Å². The van der Waals surface area contributed by atoms with Crippen LogP contribution in [0, 0.1) is 0 Å². The molecule has 1 aliphatic heterocycles. The molecule has 0 unspecified atom stereocenters. The molecular formula is C17H19ClN2O6. The van der Waals surface area contributed by atoms with Crippen LogP contribution in [0.25, 0.3) is 0 Å². The van der Waals surface area contributed by atoms with Crippen molar-refractivity contribution in [1.82, 2.24) is 4.90 Å². The molecular weight excluding hydrogens is 364 g/mol. The summed E-state index contributed by atoms with van der Waals surface area (Å²) in [5.74, 6) is -1.78. The average Bonchev–Trinajstić information content (AvgIpc) is 2.65. The molecule has 2 rings (SSSR count). The highest BCUT2D eigenvalue weighted by Gasteiger charge is 2.34. The number of anilines is 1. The smallest absolute Gasteiger partial charge is 0.355 e. The van der Waals surface area contributed by atoms with Gasteiger partial charge in [0.25, 0.3) is 5.91 Å². The highest BCUT2D eigenvalue weighted by Crippen LogP contribution is 2.31. The predicted octanol–water partition coefficient (Wildman–Crippen LogP) is 1.44. The van der Waals surface area contributed by atoms with Crippen LogP contribution in [0.3, 0.4) is 0 Å². The standard InChI is InChI=1S/C17H19ClN2O6/c1-19(2)15(21)11-7-10(18)5-6-13(11)20-9-26-8-12(16(22)24-3)14(20)17(23)25-4/h5-7H,8-9H2,1-4H3.